The first-order valence-corrected chi connectivity index (χ1v) is 10.0. The quantitative estimate of drug-likeness (QED) is 0.545. The number of hydrogen-bond donors (Lipinski definition) is 2. The average Bonchev–Trinajstić information content (AvgIpc) is 3.33. The Morgan fingerprint density at radius 3 is 2.47 bits per heavy atom. The molecule has 0 bridgehead atoms. The molecule has 1 heterocycles. The van der Waals surface area contributed by atoms with E-state index in [1.807, 2.05) is 66.7 Å². The largest absolute Gasteiger partial charge is 0.497 e. The summed E-state index contributed by atoms with van der Waals surface area (Å²) in [5, 5.41) is 6.53. The summed E-state index contributed by atoms with van der Waals surface area (Å²) in [4.78, 5) is 12.8. The Kier molecular flexibility index (Phi) is 5.95. The molecule has 1 aliphatic heterocycles. The number of methoxy groups -OCH3 is 1. The van der Waals surface area contributed by atoms with Gasteiger partial charge in [-0.3, -0.25) is 4.79 Å². The summed E-state index contributed by atoms with van der Waals surface area (Å²) in [6.45, 7) is 0.901. The van der Waals surface area contributed by atoms with E-state index < -0.39 is 0 Å². The van der Waals surface area contributed by atoms with Crippen LogP contribution in [0.4, 0.5) is 5.69 Å². The third-order valence-electron chi connectivity index (χ3n) is 5.03. The second-order valence-corrected chi connectivity index (χ2v) is 7.03. The Labute approximate surface area is 176 Å². The van der Waals surface area contributed by atoms with Crippen molar-refractivity contribution in [3.8, 4) is 5.75 Å². The van der Waals surface area contributed by atoms with Crippen molar-refractivity contribution in [3.05, 3.63) is 101 Å². The molecule has 0 aromatic heterocycles. The second kappa shape index (κ2) is 9.14. The molecule has 1 aliphatic rings. The smallest absolute Gasteiger partial charge is 0.255 e. The van der Waals surface area contributed by atoms with Gasteiger partial charge in [0.25, 0.3) is 5.91 Å². The van der Waals surface area contributed by atoms with E-state index in [1.165, 1.54) is 0 Å². The van der Waals surface area contributed by atoms with E-state index in [9.17, 15) is 4.79 Å². The van der Waals surface area contributed by atoms with Crippen LogP contribution in [0.3, 0.4) is 0 Å². The molecule has 3 aromatic rings. The number of anilines is 1. The van der Waals surface area contributed by atoms with Gasteiger partial charge in [0.05, 0.1) is 12.8 Å². The van der Waals surface area contributed by atoms with Gasteiger partial charge in [-0.25, -0.2) is 0 Å². The molecular weight excluding hydrogens is 372 g/mol. The van der Waals surface area contributed by atoms with E-state index in [0.29, 0.717) is 5.56 Å². The third-order valence-corrected chi connectivity index (χ3v) is 5.03. The van der Waals surface area contributed by atoms with Crippen LogP contribution in [-0.2, 0) is 0 Å². The number of carbonyl (C=O) groups is 1. The Hall–Kier alpha value is -3.79. The first kappa shape index (κ1) is 19.5. The molecule has 0 radical (unpaired) electrons. The highest BCUT2D eigenvalue weighted by Gasteiger charge is 2.16. The van der Waals surface area contributed by atoms with E-state index in [2.05, 4.69) is 34.9 Å². The summed E-state index contributed by atoms with van der Waals surface area (Å²) in [5.74, 6) is 0.713. The Balaban J connectivity index is 1.67. The minimum atomic E-state index is -0.119. The molecule has 0 spiro atoms. The molecule has 0 saturated heterocycles. The number of nitrogens with one attached hydrogen (secondary N) is 2. The lowest BCUT2D eigenvalue weighted by Crippen LogP contribution is -2.15. The fraction of sp³-hybridized carbons (Fsp3) is 0.115. The Morgan fingerprint density at radius 1 is 0.967 bits per heavy atom. The summed E-state index contributed by atoms with van der Waals surface area (Å²) < 4.78 is 5.23. The van der Waals surface area contributed by atoms with Gasteiger partial charge in [0.1, 0.15) is 5.75 Å². The van der Waals surface area contributed by atoms with E-state index in [1.54, 1.807) is 7.11 Å². The lowest BCUT2D eigenvalue weighted by molar-refractivity contribution is 0.102. The van der Waals surface area contributed by atoms with Gasteiger partial charge in [0, 0.05) is 23.4 Å². The number of amides is 1. The zero-order valence-electron chi connectivity index (χ0n) is 16.9. The Morgan fingerprint density at radius 2 is 1.77 bits per heavy atom. The molecule has 4 nitrogen and oxygen atoms in total. The van der Waals surface area contributed by atoms with Gasteiger partial charge in [-0.2, -0.15) is 0 Å². The third kappa shape index (κ3) is 4.44. The summed E-state index contributed by atoms with van der Waals surface area (Å²) >= 11 is 0. The second-order valence-electron chi connectivity index (χ2n) is 7.03. The number of benzene rings is 3. The van der Waals surface area contributed by atoms with Crippen LogP contribution in [0.1, 0.15) is 33.5 Å². The standard InChI is InChI=1S/C26H24N2O2/c1-30-22-16-13-19(14-17-22)12-15-20-9-5-10-24(25(20)23-11-6-18-27-23)28-26(29)21-7-3-2-4-8-21/h2-5,7-17,27H,6,18H2,1H3,(H,28,29)/b15-12+. The van der Waals surface area contributed by atoms with Crippen LogP contribution in [0, 0.1) is 0 Å². The van der Waals surface area contributed by atoms with Gasteiger partial charge in [-0.05, 0) is 47.9 Å². The number of carbonyl (C=O) groups excluding carboxylic acids is 1. The molecule has 0 saturated carbocycles. The molecule has 0 unspecified atom stereocenters. The van der Waals surface area contributed by atoms with E-state index >= 15 is 0 Å². The predicted octanol–water partition coefficient (Wildman–Crippen LogP) is 5.45. The van der Waals surface area contributed by atoms with Crippen LogP contribution in [-0.4, -0.2) is 19.6 Å². The molecule has 4 heteroatoms. The highest BCUT2D eigenvalue weighted by atomic mass is 16.5. The number of hydrogen-bond acceptors (Lipinski definition) is 3. The molecule has 2 N–H and O–H groups in total. The predicted molar refractivity (Wildman–Crippen MR) is 123 cm³/mol. The van der Waals surface area contributed by atoms with Gasteiger partial charge in [0.2, 0.25) is 0 Å². The maximum Gasteiger partial charge on any atom is 0.255 e. The zero-order chi connectivity index (χ0) is 20.8. The fourth-order valence-corrected chi connectivity index (χ4v) is 3.48. The van der Waals surface area contributed by atoms with E-state index in [4.69, 9.17) is 4.74 Å². The SMILES string of the molecule is COc1ccc(/C=C/c2cccc(NC(=O)c3ccccc3)c2C2=CCCN2)cc1. The van der Waals surface area contributed by atoms with Crippen molar-refractivity contribution in [2.45, 2.75) is 6.42 Å². The van der Waals surface area contributed by atoms with Crippen LogP contribution < -0.4 is 15.4 Å². The molecule has 4 rings (SSSR count). The summed E-state index contributed by atoms with van der Waals surface area (Å²) in [7, 11) is 1.66. The molecule has 1 amide bonds. The van der Waals surface area contributed by atoms with Crippen molar-refractivity contribution < 1.29 is 9.53 Å². The molecule has 0 atom stereocenters. The molecule has 0 fully saturated rings. The lowest BCUT2D eigenvalue weighted by Gasteiger charge is -2.16. The summed E-state index contributed by atoms with van der Waals surface area (Å²) in [6, 6.07) is 23.2. The Bertz CT molecular complexity index is 1080. The van der Waals surface area contributed by atoms with Crippen LogP contribution in [0.5, 0.6) is 5.75 Å². The summed E-state index contributed by atoms with van der Waals surface area (Å²) in [5.41, 5.74) is 5.60. The van der Waals surface area contributed by atoms with Gasteiger partial charge in [0.15, 0.2) is 0 Å². The van der Waals surface area contributed by atoms with Crippen molar-refractivity contribution in [1.29, 1.82) is 0 Å². The number of rotatable bonds is 6. The minimum Gasteiger partial charge on any atom is -0.497 e. The van der Waals surface area contributed by atoms with Crippen LogP contribution in [0.15, 0.2) is 78.9 Å². The van der Waals surface area contributed by atoms with Gasteiger partial charge >= 0.3 is 0 Å². The maximum absolute atomic E-state index is 12.8. The highest BCUT2D eigenvalue weighted by molar-refractivity contribution is 6.06. The van der Waals surface area contributed by atoms with Crippen molar-refractivity contribution >= 4 is 29.4 Å². The molecule has 150 valence electrons. The van der Waals surface area contributed by atoms with Crippen molar-refractivity contribution in [1.82, 2.24) is 5.32 Å². The topological polar surface area (TPSA) is 50.4 Å². The lowest BCUT2D eigenvalue weighted by atomic mass is 10.0. The number of ether oxygens (including phenoxy) is 1. The first-order valence-electron chi connectivity index (χ1n) is 10.0. The normalized spacial score (nSPS) is 13.0. The monoisotopic (exact) mass is 396 g/mol. The molecule has 3 aromatic carbocycles. The van der Waals surface area contributed by atoms with Crippen molar-refractivity contribution in [2.24, 2.45) is 0 Å². The maximum atomic E-state index is 12.8. The van der Waals surface area contributed by atoms with Crippen LogP contribution >= 0.6 is 0 Å². The minimum absolute atomic E-state index is 0.119. The van der Waals surface area contributed by atoms with Gasteiger partial charge in [-0.15, -0.1) is 0 Å². The molecule has 0 aliphatic carbocycles. The van der Waals surface area contributed by atoms with E-state index in [0.717, 1.165) is 46.8 Å². The average molecular weight is 396 g/mol. The van der Waals surface area contributed by atoms with Crippen molar-refractivity contribution in [2.75, 3.05) is 19.0 Å². The fourth-order valence-electron chi connectivity index (χ4n) is 3.48. The van der Waals surface area contributed by atoms with Crippen LogP contribution in [0.25, 0.3) is 17.8 Å². The zero-order valence-corrected chi connectivity index (χ0v) is 16.9. The molecular formula is C26H24N2O2. The highest BCUT2D eigenvalue weighted by Crippen LogP contribution is 2.30. The molecule has 30 heavy (non-hydrogen) atoms. The van der Waals surface area contributed by atoms with Crippen molar-refractivity contribution in [3.63, 3.8) is 0 Å². The van der Waals surface area contributed by atoms with Gasteiger partial charge in [-0.1, -0.05) is 60.7 Å². The summed E-state index contributed by atoms with van der Waals surface area (Å²) in [6.07, 6.45) is 7.29. The van der Waals surface area contributed by atoms with Gasteiger partial charge < -0.3 is 15.4 Å². The first-order chi connectivity index (χ1) is 14.7. The van der Waals surface area contributed by atoms with Crippen LogP contribution in [0.2, 0.25) is 0 Å². The van der Waals surface area contributed by atoms with E-state index in [-0.39, 0.29) is 5.91 Å².